The van der Waals surface area contributed by atoms with E-state index in [1.165, 1.54) is 5.56 Å². The van der Waals surface area contributed by atoms with Gasteiger partial charge in [0.2, 0.25) is 0 Å². The minimum absolute atomic E-state index is 0. The topological polar surface area (TPSA) is 20.3 Å². The molecule has 1 heterocycles. The summed E-state index contributed by atoms with van der Waals surface area (Å²) in [6, 6.07) is 10.5. The summed E-state index contributed by atoms with van der Waals surface area (Å²) in [5.74, 6) is 0.653. The van der Waals surface area contributed by atoms with E-state index in [1.807, 2.05) is 13.0 Å². The zero-order valence-electron chi connectivity index (χ0n) is 10.3. The van der Waals surface area contributed by atoms with Crippen LogP contribution in [0.2, 0.25) is 0 Å². The summed E-state index contributed by atoms with van der Waals surface area (Å²) in [7, 11) is 0. The molecule has 0 aromatic heterocycles. The Kier molecular flexibility index (Phi) is 5.66. The molecule has 3 heteroatoms. The Balaban J connectivity index is 0.00000144. The molecule has 1 aromatic rings. The van der Waals surface area contributed by atoms with Gasteiger partial charge in [0.05, 0.1) is 0 Å². The number of rotatable bonds is 3. The summed E-state index contributed by atoms with van der Waals surface area (Å²) >= 11 is 0. The third-order valence-corrected chi connectivity index (χ3v) is 3.32. The Morgan fingerprint density at radius 2 is 2.00 bits per heavy atom. The van der Waals surface area contributed by atoms with Crippen molar-refractivity contribution < 1.29 is 4.79 Å². The molecule has 1 atom stereocenters. The predicted molar refractivity (Wildman–Crippen MR) is 72.6 cm³/mol. The molecule has 94 valence electrons. The zero-order chi connectivity index (χ0) is 11.4. The molecule has 2 nitrogen and oxygen atoms in total. The molecule has 0 bridgehead atoms. The highest BCUT2D eigenvalue weighted by Gasteiger charge is 2.22. The molecule has 0 N–H and O–H groups in total. The smallest absolute Gasteiger partial charge is 0.138 e. The van der Waals surface area contributed by atoms with Gasteiger partial charge in [-0.05, 0) is 12.0 Å². The van der Waals surface area contributed by atoms with Gasteiger partial charge >= 0.3 is 0 Å². The van der Waals surface area contributed by atoms with E-state index < -0.39 is 0 Å². The van der Waals surface area contributed by atoms with Crippen LogP contribution in [0, 0.1) is 5.92 Å². The summed E-state index contributed by atoms with van der Waals surface area (Å²) in [6.45, 7) is 4.99. The highest BCUT2D eigenvalue weighted by molar-refractivity contribution is 5.85. The number of benzene rings is 1. The number of nitrogens with zero attached hydrogens (tertiary/aromatic N) is 1. The monoisotopic (exact) mass is 253 g/mol. The molecule has 17 heavy (non-hydrogen) atoms. The van der Waals surface area contributed by atoms with Gasteiger partial charge in [0, 0.05) is 32.0 Å². The molecule has 2 rings (SSSR count). The fraction of sp³-hybridized carbons (Fsp3) is 0.500. The standard InChI is InChI=1S/C14H19NO.ClH/c1-12-11-15(10-8-14(12)16)9-7-13-5-3-2-4-6-13;/h2-6,12H,7-11H2,1H3;1H. The van der Waals surface area contributed by atoms with Crippen molar-refractivity contribution >= 4 is 18.2 Å². The number of carbonyl (C=O) groups excluding carboxylic acids is 1. The van der Waals surface area contributed by atoms with Gasteiger partial charge in [0.1, 0.15) is 5.78 Å². The first-order valence-electron chi connectivity index (χ1n) is 6.04. The quantitative estimate of drug-likeness (QED) is 0.825. The lowest BCUT2D eigenvalue weighted by Gasteiger charge is -2.29. The molecule has 0 radical (unpaired) electrons. The van der Waals surface area contributed by atoms with E-state index in [-0.39, 0.29) is 18.3 Å². The van der Waals surface area contributed by atoms with Crippen LogP contribution in [0.5, 0.6) is 0 Å². The minimum atomic E-state index is 0. The molecule has 0 spiro atoms. The van der Waals surface area contributed by atoms with Crippen molar-refractivity contribution in [2.24, 2.45) is 5.92 Å². The lowest BCUT2D eigenvalue weighted by Crippen LogP contribution is -2.40. The van der Waals surface area contributed by atoms with E-state index in [2.05, 4.69) is 29.2 Å². The molecular formula is C14H20ClNO. The first kappa shape index (κ1) is 14.2. The summed E-state index contributed by atoms with van der Waals surface area (Å²) in [6.07, 6.45) is 1.82. The van der Waals surface area contributed by atoms with Crippen molar-refractivity contribution in [3.63, 3.8) is 0 Å². The summed E-state index contributed by atoms with van der Waals surface area (Å²) in [4.78, 5) is 13.8. The normalized spacial score (nSPS) is 21.0. The van der Waals surface area contributed by atoms with Crippen LogP contribution in [0.15, 0.2) is 30.3 Å². The Labute approximate surface area is 109 Å². The number of hydrogen-bond acceptors (Lipinski definition) is 2. The Hall–Kier alpha value is -0.860. The number of ketones is 1. The second-order valence-corrected chi connectivity index (χ2v) is 4.65. The third-order valence-electron chi connectivity index (χ3n) is 3.32. The maximum absolute atomic E-state index is 11.4. The molecule has 1 saturated heterocycles. The van der Waals surface area contributed by atoms with Crippen molar-refractivity contribution in [3.8, 4) is 0 Å². The van der Waals surface area contributed by atoms with E-state index in [1.54, 1.807) is 0 Å². The molecule has 1 aromatic carbocycles. The van der Waals surface area contributed by atoms with Gasteiger partial charge in [0.25, 0.3) is 0 Å². The highest BCUT2D eigenvalue weighted by Crippen LogP contribution is 2.12. The van der Waals surface area contributed by atoms with E-state index in [0.29, 0.717) is 5.78 Å². The Morgan fingerprint density at radius 1 is 1.29 bits per heavy atom. The fourth-order valence-electron chi connectivity index (χ4n) is 2.23. The van der Waals surface area contributed by atoms with E-state index in [4.69, 9.17) is 0 Å². The number of likely N-dealkylation sites (tertiary alicyclic amines) is 1. The molecule has 0 saturated carbocycles. The maximum atomic E-state index is 11.4. The van der Waals surface area contributed by atoms with Gasteiger partial charge in [-0.2, -0.15) is 0 Å². The van der Waals surface area contributed by atoms with Crippen molar-refractivity contribution in [2.45, 2.75) is 19.8 Å². The molecule has 1 unspecified atom stereocenters. The van der Waals surface area contributed by atoms with Crippen molar-refractivity contribution in [1.29, 1.82) is 0 Å². The van der Waals surface area contributed by atoms with Gasteiger partial charge in [-0.15, -0.1) is 12.4 Å². The molecule has 1 aliphatic heterocycles. The highest BCUT2D eigenvalue weighted by atomic mass is 35.5. The second-order valence-electron chi connectivity index (χ2n) is 4.65. The average Bonchev–Trinajstić information content (AvgIpc) is 2.32. The van der Waals surface area contributed by atoms with Crippen molar-refractivity contribution in [3.05, 3.63) is 35.9 Å². The lowest BCUT2D eigenvalue weighted by molar-refractivity contribution is -0.125. The third kappa shape index (κ3) is 4.14. The summed E-state index contributed by atoms with van der Waals surface area (Å²) < 4.78 is 0. The van der Waals surface area contributed by atoms with Crippen LogP contribution in [0.3, 0.4) is 0 Å². The maximum Gasteiger partial charge on any atom is 0.138 e. The number of carbonyl (C=O) groups is 1. The van der Waals surface area contributed by atoms with Gasteiger partial charge in [-0.25, -0.2) is 0 Å². The van der Waals surface area contributed by atoms with Crippen LogP contribution >= 0.6 is 12.4 Å². The van der Waals surface area contributed by atoms with E-state index >= 15 is 0 Å². The largest absolute Gasteiger partial charge is 0.302 e. The summed E-state index contributed by atoms with van der Waals surface area (Å²) in [5.41, 5.74) is 1.38. The van der Waals surface area contributed by atoms with Crippen LogP contribution in [0.25, 0.3) is 0 Å². The van der Waals surface area contributed by atoms with Crippen LogP contribution in [0.1, 0.15) is 18.9 Å². The predicted octanol–water partition coefficient (Wildman–Crippen LogP) is 2.56. The molecule has 0 aliphatic carbocycles. The van der Waals surface area contributed by atoms with E-state index in [9.17, 15) is 4.79 Å². The molecule has 0 amide bonds. The van der Waals surface area contributed by atoms with Gasteiger partial charge in [-0.3, -0.25) is 4.79 Å². The molecular weight excluding hydrogens is 234 g/mol. The van der Waals surface area contributed by atoms with Crippen LogP contribution in [-0.2, 0) is 11.2 Å². The molecule has 1 aliphatic rings. The number of piperidine rings is 1. The minimum Gasteiger partial charge on any atom is -0.302 e. The van der Waals surface area contributed by atoms with Gasteiger partial charge < -0.3 is 4.90 Å². The molecule has 1 fully saturated rings. The first-order valence-corrected chi connectivity index (χ1v) is 6.04. The van der Waals surface area contributed by atoms with Crippen LogP contribution in [0.4, 0.5) is 0 Å². The Morgan fingerprint density at radius 3 is 2.65 bits per heavy atom. The fourth-order valence-corrected chi connectivity index (χ4v) is 2.23. The number of Topliss-reactive ketones (excluding diaryl/α,β-unsaturated/α-hetero) is 1. The second kappa shape index (κ2) is 6.77. The SMILES string of the molecule is CC1CN(CCc2ccccc2)CCC1=O.Cl. The zero-order valence-corrected chi connectivity index (χ0v) is 11.1. The summed E-state index contributed by atoms with van der Waals surface area (Å²) in [5, 5.41) is 0. The Bertz CT molecular complexity index is 352. The van der Waals surface area contributed by atoms with Crippen molar-refractivity contribution in [2.75, 3.05) is 19.6 Å². The number of halogens is 1. The van der Waals surface area contributed by atoms with Crippen molar-refractivity contribution in [1.82, 2.24) is 4.90 Å². The van der Waals surface area contributed by atoms with Crippen LogP contribution in [-0.4, -0.2) is 30.3 Å². The first-order chi connectivity index (χ1) is 7.75. The lowest BCUT2D eigenvalue weighted by atomic mass is 9.98. The van der Waals surface area contributed by atoms with Gasteiger partial charge in [0.15, 0.2) is 0 Å². The average molecular weight is 254 g/mol. The van der Waals surface area contributed by atoms with E-state index in [0.717, 1.165) is 32.5 Å². The number of hydrogen-bond donors (Lipinski definition) is 0. The van der Waals surface area contributed by atoms with Gasteiger partial charge in [-0.1, -0.05) is 37.3 Å². The van der Waals surface area contributed by atoms with Crippen LogP contribution < -0.4 is 0 Å².